The van der Waals surface area contributed by atoms with Crippen molar-refractivity contribution in [2.24, 2.45) is 0 Å². The predicted octanol–water partition coefficient (Wildman–Crippen LogP) is 8.69. The third-order valence-electron chi connectivity index (χ3n) is 10.0. The van der Waals surface area contributed by atoms with Gasteiger partial charge in [-0.15, -0.1) is 5.23 Å². The Bertz CT molecular complexity index is 2400. The van der Waals surface area contributed by atoms with Gasteiger partial charge in [-0.05, 0) is 92.4 Å². The van der Waals surface area contributed by atoms with Crippen molar-refractivity contribution in [3.63, 3.8) is 0 Å². The first-order valence-corrected chi connectivity index (χ1v) is 18.1. The van der Waals surface area contributed by atoms with Crippen molar-refractivity contribution in [2.45, 2.75) is 46.5 Å². The second-order valence-corrected chi connectivity index (χ2v) is 13.5. The Balaban J connectivity index is 1.24. The lowest BCUT2D eigenvalue weighted by Gasteiger charge is -2.38. The third-order valence-corrected chi connectivity index (χ3v) is 10.0. The normalized spacial score (nSPS) is 14.7. The average molecular weight is 775 g/mol. The van der Waals surface area contributed by atoms with Gasteiger partial charge in [-0.2, -0.15) is 0 Å². The number of hydrogen-bond donors (Lipinski definition) is 2. The smallest absolute Gasteiger partial charge is 0.414 e. The van der Waals surface area contributed by atoms with E-state index >= 15 is 0 Å². The number of nitro groups is 1. The monoisotopic (exact) mass is 774 g/mol. The summed E-state index contributed by atoms with van der Waals surface area (Å²) in [5.74, 6) is 0.100. The number of esters is 1. The van der Waals surface area contributed by atoms with Gasteiger partial charge in [0, 0.05) is 54.0 Å². The summed E-state index contributed by atoms with van der Waals surface area (Å²) < 4.78 is 24.3. The number of carbonyl (C=O) groups is 3. The largest absolute Gasteiger partial charge is 0.456 e. The summed E-state index contributed by atoms with van der Waals surface area (Å²) in [5, 5.41) is 29.5. The topological polar surface area (TPSA) is 181 Å². The van der Waals surface area contributed by atoms with Gasteiger partial charge in [0.05, 0.1) is 27.5 Å². The van der Waals surface area contributed by atoms with Crippen LogP contribution in [0.25, 0.3) is 0 Å². The summed E-state index contributed by atoms with van der Waals surface area (Å²) >= 11 is 0. The van der Waals surface area contributed by atoms with Crippen LogP contribution < -0.4 is 19.8 Å². The van der Waals surface area contributed by atoms with E-state index in [-0.39, 0.29) is 42.9 Å². The molecule has 15 heteroatoms. The number of aryl methyl sites for hydroxylation is 2. The molecule has 0 saturated carbocycles. The maximum absolute atomic E-state index is 13.6. The van der Waals surface area contributed by atoms with Crippen LogP contribution in [-0.4, -0.2) is 46.6 Å². The molecular weight excluding hydrogens is 736 g/mol. The van der Waals surface area contributed by atoms with Gasteiger partial charge in [0.25, 0.3) is 5.69 Å². The third kappa shape index (κ3) is 6.94. The fourth-order valence-corrected chi connectivity index (χ4v) is 7.22. The number of nitro benzene ring substituents is 1. The average Bonchev–Trinajstić information content (AvgIpc) is 3.50. The molecule has 7 rings (SSSR count). The second kappa shape index (κ2) is 15.3. The molecule has 1 unspecified atom stereocenters. The molecule has 1 atom stereocenters. The summed E-state index contributed by atoms with van der Waals surface area (Å²) in [6, 6.07) is 26.1. The highest BCUT2D eigenvalue weighted by molar-refractivity contribution is 5.98. The Morgan fingerprint density at radius 3 is 1.70 bits per heavy atom. The quantitative estimate of drug-likeness (QED) is 0.0597. The van der Waals surface area contributed by atoms with Crippen LogP contribution in [0.4, 0.5) is 32.3 Å². The number of fused-ring (bicyclic) bond motifs is 6. The zero-order valence-corrected chi connectivity index (χ0v) is 31.4. The molecule has 15 nitrogen and oxygen atoms in total. The Hall–Kier alpha value is -6.97. The summed E-state index contributed by atoms with van der Waals surface area (Å²) in [7, 11) is 0. The molecule has 5 aromatic rings. The number of ether oxygens (including phenoxy) is 4. The molecule has 0 aliphatic carbocycles. The number of nitrogens with zero attached hydrogens (tertiary/aromatic N) is 4. The molecule has 0 aromatic heterocycles. The van der Waals surface area contributed by atoms with E-state index in [1.165, 1.54) is 46.2 Å². The van der Waals surface area contributed by atoms with Crippen molar-refractivity contribution >= 4 is 40.9 Å². The molecule has 0 bridgehead atoms. The number of anilines is 3. The van der Waals surface area contributed by atoms with Crippen molar-refractivity contribution in [1.82, 2.24) is 0 Å². The zero-order valence-electron chi connectivity index (χ0n) is 31.4. The van der Waals surface area contributed by atoms with Crippen LogP contribution in [-0.2, 0) is 33.0 Å². The molecule has 2 aliphatic heterocycles. The first-order valence-electron chi connectivity index (χ1n) is 18.1. The van der Waals surface area contributed by atoms with Crippen LogP contribution in [0, 0.1) is 24.0 Å². The second-order valence-electron chi connectivity index (χ2n) is 13.5. The van der Waals surface area contributed by atoms with Crippen LogP contribution in [0.3, 0.4) is 0 Å². The minimum absolute atomic E-state index is 0.00814. The summed E-state index contributed by atoms with van der Waals surface area (Å²) in [6.07, 6.45) is -1.29. The fourth-order valence-electron chi connectivity index (χ4n) is 7.22. The minimum Gasteiger partial charge on any atom is -0.456 e. The van der Waals surface area contributed by atoms with E-state index in [9.17, 15) is 34.9 Å². The summed E-state index contributed by atoms with van der Waals surface area (Å²) in [6.45, 7) is 7.51. The molecular formula is C42H38N4O11. The van der Waals surface area contributed by atoms with Gasteiger partial charge in [-0.1, -0.05) is 30.3 Å². The summed E-state index contributed by atoms with van der Waals surface area (Å²) in [5.41, 5.74) is 4.23. The standard InChI is InChI=1S/C42H38N4O11/c1-5-43(40(48)54-23-27-11-15-29(16-12-27)45(50)51)35-21-37-33(19-25(35)3)42(32-10-8-7-9-31(32)39(47)57-42)34-20-26(4)36(22-38(34)56-37)44(6-2)41(49)55-24-28-13-17-30(18-14-28)46(52)53/h7-22,50-51H,5-6,23-24H2,1-4H3. The SMILES string of the molecule is CCN(C(=O)OCc1ccc(N(O)O)cc1)c1cc2c(cc1C)C1(OC(=O)c3ccccc31)c1cc(C)c(N(CC)C(=O)OCc3ccc([N+](=O)[O-])cc3)cc1O2. The number of non-ortho nitro benzene ring substituents is 1. The number of carbonyl (C=O) groups excluding carboxylic acids is 3. The highest BCUT2D eigenvalue weighted by Gasteiger charge is 2.54. The van der Waals surface area contributed by atoms with E-state index in [1.54, 1.807) is 50.2 Å². The molecule has 1 spiro atoms. The van der Waals surface area contributed by atoms with Crippen LogP contribution >= 0.6 is 0 Å². The van der Waals surface area contributed by atoms with E-state index in [1.807, 2.05) is 38.1 Å². The highest BCUT2D eigenvalue weighted by atomic mass is 16.8. The van der Waals surface area contributed by atoms with Crippen molar-refractivity contribution in [2.75, 3.05) is 28.1 Å². The maximum atomic E-state index is 13.6. The molecule has 0 saturated heterocycles. The van der Waals surface area contributed by atoms with Gasteiger partial charge in [-0.3, -0.25) is 30.3 Å². The molecule has 2 heterocycles. The van der Waals surface area contributed by atoms with Crippen molar-refractivity contribution in [3.8, 4) is 11.5 Å². The molecule has 5 aromatic carbocycles. The first kappa shape index (κ1) is 38.3. The van der Waals surface area contributed by atoms with Crippen LogP contribution in [0.5, 0.6) is 11.5 Å². The fraction of sp³-hybridized carbons (Fsp3) is 0.214. The molecule has 292 valence electrons. The zero-order chi connectivity index (χ0) is 40.6. The number of amides is 2. The van der Waals surface area contributed by atoms with Crippen molar-refractivity contribution in [1.29, 1.82) is 0 Å². The van der Waals surface area contributed by atoms with Crippen molar-refractivity contribution in [3.05, 3.63) is 152 Å². The van der Waals surface area contributed by atoms with Gasteiger partial charge in [0.1, 0.15) is 24.7 Å². The molecule has 0 fully saturated rings. The predicted molar refractivity (Wildman–Crippen MR) is 206 cm³/mol. The lowest BCUT2D eigenvalue weighted by Crippen LogP contribution is -2.36. The summed E-state index contributed by atoms with van der Waals surface area (Å²) in [4.78, 5) is 54.1. The van der Waals surface area contributed by atoms with E-state index in [4.69, 9.17) is 18.9 Å². The highest BCUT2D eigenvalue weighted by Crippen LogP contribution is 2.58. The molecule has 2 amide bonds. The molecule has 2 N–H and O–H groups in total. The number of rotatable bonds is 10. The Kier molecular flexibility index (Phi) is 10.3. The van der Waals surface area contributed by atoms with E-state index in [2.05, 4.69) is 0 Å². The number of benzene rings is 5. The van der Waals surface area contributed by atoms with Crippen LogP contribution in [0.15, 0.2) is 97.1 Å². The lowest BCUT2D eigenvalue weighted by molar-refractivity contribution is -0.384. The molecule has 57 heavy (non-hydrogen) atoms. The number of hydrogen-bond acceptors (Lipinski definition) is 12. The first-order chi connectivity index (χ1) is 27.4. The van der Waals surface area contributed by atoms with Gasteiger partial charge >= 0.3 is 18.2 Å². The van der Waals surface area contributed by atoms with E-state index in [0.717, 1.165) is 0 Å². The minimum atomic E-state index is -1.43. The van der Waals surface area contributed by atoms with Gasteiger partial charge in [0.15, 0.2) is 5.60 Å². The Labute approximate surface area is 326 Å². The van der Waals surface area contributed by atoms with E-state index < -0.39 is 28.7 Å². The van der Waals surface area contributed by atoms with Gasteiger partial charge < -0.3 is 18.9 Å². The maximum Gasteiger partial charge on any atom is 0.414 e. The lowest BCUT2D eigenvalue weighted by atomic mass is 9.76. The molecule has 2 aliphatic rings. The van der Waals surface area contributed by atoms with Gasteiger partial charge in [-0.25, -0.2) is 14.4 Å². The Morgan fingerprint density at radius 2 is 1.23 bits per heavy atom. The Morgan fingerprint density at radius 1 is 0.737 bits per heavy atom. The van der Waals surface area contributed by atoms with Crippen LogP contribution in [0.1, 0.15) is 63.1 Å². The van der Waals surface area contributed by atoms with Crippen LogP contribution in [0.2, 0.25) is 0 Å². The van der Waals surface area contributed by atoms with Crippen molar-refractivity contribution < 1.29 is 48.7 Å². The van der Waals surface area contributed by atoms with E-state index in [0.29, 0.717) is 67.4 Å². The molecule has 0 radical (unpaired) electrons. The van der Waals surface area contributed by atoms with Gasteiger partial charge in [0.2, 0.25) is 0 Å².